The molecular formula is C21H21N5O2. The van der Waals surface area contributed by atoms with E-state index in [0.29, 0.717) is 16.7 Å². The molecular weight excluding hydrogens is 354 g/mol. The Morgan fingerprint density at radius 2 is 2.07 bits per heavy atom. The molecule has 0 radical (unpaired) electrons. The quantitative estimate of drug-likeness (QED) is 0.651. The lowest BCUT2D eigenvalue weighted by atomic mass is 9.95. The molecule has 2 aliphatic rings. The van der Waals surface area contributed by atoms with Crippen LogP contribution in [0.1, 0.15) is 34.5 Å². The van der Waals surface area contributed by atoms with E-state index in [1.807, 2.05) is 30.5 Å². The van der Waals surface area contributed by atoms with Gasteiger partial charge in [0, 0.05) is 25.2 Å². The summed E-state index contributed by atoms with van der Waals surface area (Å²) < 4.78 is 5.34. The van der Waals surface area contributed by atoms with Gasteiger partial charge in [0.1, 0.15) is 11.6 Å². The van der Waals surface area contributed by atoms with Gasteiger partial charge in [-0.2, -0.15) is 5.10 Å². The molecule has 1 unspecified atom stereocenters. The van der Waals surface area contributed by atoms with Crippen molar-refractivity contribution in [1.29, 1.82) is 0 Å². The van der Waals surface area contributed by atoms with E-state index in [0.717, 1.165) is 30.8 Å². The summed E-state index contributed by atoms with van der Waals surface area (Å²) in [7, 11) is 1.67. The van der Waals surface area contributed by atoms with Crippen molar-refractivity contribution in [3.63, 3.8) is 0 Å². The first-order chi connectivity index (χ1) is 13.7. The zero-order valence-electron chi connectivity index (χ0n) is 15.5. The SMILES string of the molecule is COc1ccc2c(c1)C[C@H](c1nc3ccc(C4C=NNC4)cc3c(=O)[nH]1)NC2. The number of methoxy groups -OCH3 is 1. The zero-order valence-corrected chi connectivity index (χ0v) is 15.5. The first-order valence-corrected chi connectivity index (χ1v) is 9.40. The van der Waals surface area contributed by atoms with Gasteiger partial charge in [-0.1, -0.05) is 12.1 Å². The number of hydrogen-bond acceptors (Lipinski definition) is 6. The van der Waals surface area contributed by atoms with Crippen molar-refractivity contribution in [2.75, 3.05) is 13.7 Å². The summed E-state index contributed by atoms with van der Waals surface area (Å²) >= 11 is 0. The number of benzene rings is 2. The number of H-pyrrole nitrogens is 1. The van der Waals surface area contributed by atoms with Gasteiger partial charge in [0.05, 0.1) is 24.1 Å². The Hall–Kier alpha value is -3.19. The average Bonchev–Trinajstić information content (AvgIpc) is 3.27. The van der Waals surface area contributed by atoms with Crippen molar-refractivity contribution in [3.05, 3.63) is 69.3 Å². The minimum absolute atomic E-state index is 0.0393. The molecule has 3 heterocycles. The van der Waals surface area contributed by atoms with Gasteiger partial charge in [0.25, 0.3) is 5.56 Å². The maximum Gasteiger partial charge on any atom is 0.258 e. The van der Waals surface area contributed by atoms with Gasteiger partial charge in [0.2, 0.25) is 0 Å². The fraction of sp³-hybridized carbons (Fsp3) is 0.286. The molecule has 3 aromatic rings. The number of nitrogens with one attached hydrogen (secondary N) is 3. The van der Waals surface area contributed by atoms with Gasteiger partial charge in [-0.25, -0.2) is 4.98 Å². The summed E-state index contributed by atoms with van der Waals surface area (Å²) in [5.74, 6) is 1.70. The Morgan fingerprint density at radius 3 is 2.89 bits per heavy atom. The standard InChI is InChI=1S/C21H21N5O2/c1-28-16-4-2-13-9-22-19(8-14(13)6-16)20-25-18-5-3-12(15-10-23-24-11-15)7-17(18)21(27)26-20/h2-7,10,15,19,22,24H,8-9,11H2,1H3,(H,25,26,27)/t15?,19-/m1/s1. The molecule has 0 fully saturated rings. The van der Waals surface area contributed by atoms with E-state index >= 15 is 0 Å². The van der Waals surface area contributed by atoms with Crippen molar-refractivity contribution in [2.24, 2.45) is 5.10 Å². The summed E-state index contributed by atoms with van der Waals surface area (Å²) in [4.78, 5) is 20.5. The van der Waals surface area contributed by atoms with E-state index in [9.17, 15) is 4.79 Å². The minimum Gasteiger partial charge on any atom is -0.497 e. The first kappa shape index (κ1) is 16.9. The third kappa shape index (κ3) is 2.93. The van der Waals surface area contributed by atoms with Crippen LogP contribution in [-0.2, 0) is 13.0 Å². The molecule has 0 amide bonds. The second-order valence-electron chi connectivity index (χ2n) is 7.25. The average molecular weight is 375 g/mol. The monoisotopic (exact) mass is 375 g/mol. The van der Waals surface area contributed by atoms with E-state index in [1.54, 1.807) is 7.11 Å². The third-order valence-corrected chi connectivity index (χ3v) is 5.54. The smallest absolute Gasteiger partial charge is 0.258 e. The third-order valence-electron chi connectivity index (χ3n) is 5.54. The Balaban J connectivity index is 1.48. The van der Waals surface area contributed by atoms with Crippen LogP contribution in [0.2, 0.25) is 0 Å². The first-order valence-electron chi connectivity index (χ1n) is 9.40. The van der Waals surface area contributed by atoms with Crippen molar-refractivity contribution < 1.29 is 4.74 Å². The van der Waals surface area contributed by atoms with E-state index in [2.05, 4.69) is 33.0 Å². The molecule has 0 aliphatic carbocycles. The second-order valence-corrected chi connectivity index (χ2v) is 7.25. The highest BCUT2D eigenvalue weighted by Crippen LogP contribution is 2.28. The predicted octanol–water partition coefficient (Wildman–Crippen LogP) is 1.99. The number of rotatable bonds is 3. The molecule has 5 rings (SSSR count). The number of aromatic nitrogens is 2. The van der Waals surface area contributed by atoms with E-state index < -0.39 is 0 Å². The van der Waals surface area contributed by atoms with Gasteiger partial charge in [-0.05, 0) is 47.4 Å². The number of aromatic amines is 1. The van der Waals surface area contributed by atoms with Crippen molar-refractivity contribution in [3.8, 4) is 5.75 Å². The van der Waals surface area contributed by atoms with Crippen LogP contribution in [-0.4, -0.2) is 29.8 Å². The molecule has 0 bridgehead atoms. The van der Waals surface area contributed by atoms with Crippen LogP contribution < -0.4 is 21.0 Å². The van der Waals surface area contributed by atoms with Gasteiger partial charge in [-0.15, -0.1) is 0 Å². The zero-order chi connectivity index (χ0) is 19.1. The summed E-state index contributed by atoms with van der Waals surface area (Å²) in [6, 6.07) is 11.9. The molecule has 7 nitrogen and oxygen atoms in total. The van der Waals surface area contributed by atoms with Gasteiger partial charge >= 0.3 is 0 Å². The van der Waals surface area contributed by atoms with Crippen molar-refractivity contribution in [1.82, 2.24) is 20.7 Å². The van der Waals surface area contributed by atoms with Crippen LogP contribution in [0.5, 0.6) is 5.75 Å². The topological polar surface area (TPSA) is 91.4 Å². The molecule has 142 valence electrons. The van der Waals surface area contributed by atoms with Crippen LogP contribution in [0.4, 0.5) is 0 Å². The summed E-state index contributed by atoms with van der Waals surface area (Å²) in [5, 5.41) is 8.14. The van der Waals surface area contributed by atoms with E-state index in [4.69, 9.17) is 9.72 Å². The minimum atomic E-state index is -0.108. The number of ether oxygens (including phenoxy) is 1. The normalized spacial score (nSPS) is 20.8. The van der Waals surface area contributed by atoms with Crippen molar-refractivity contribution >= 4 is 17.1 Å². The number of hydrogen-bond donors (Lipinski definition) is 3. The van der Waals surface area contributed by atoms with Gasteiger partial charge in [0.15, 0.2) is 0 Å². The van der Waals surface area contributed by atoms with Crippen LogP contribution in [0.25, 0.3) is 10.9 Å². The molecule has 3 N–H and O–H groups in total. The number of hydrazone groups is 1. The lowest BCUT2D eigenvalue weighted by Gasteiger charge is -2.26. The van der Waals surface area contributed by atoms with E-state index in [1.165, 1.54) is 11.1 Å². The Morgan fingerprint density at radius 1 is 1.14 bits per heavy atom. The molecule has 2 atom stereocenters. The highest BCUT2D eigenvalue weighted by atomic mass is 16.5. The molecule has 2 aromatic carbocycles. The number of nitrogens with zero attached hydrogens (tertiary/aromatic N) is 2. The molecule has 7 heteroatoms. The molecule has 1 aromatic heterocycles. The van der Waals surface area contributed by atoms with Crippen LogP contribution in [0.15, 0.2) is 46.3 Å². The second kappa shape index (κ2) is 6.76. The Labute approximate surface area is 161 Å². The van der Waals surface area contributed by atoms with Gasteiger partial charge in [-0.3, -0.25) is 4.79 Å². The molecule has 28 heavy (non-hydrogen) atoms. The largest absolute Gasteiger partial charge is 0.497 e. The highest BCUT2D eigenvalue weighted by Gasteiger charge is 2.23. The maximum atomic E-state index is 12.8. The van der Waals surface area contributed by atoms with Crippen molar-refractivity contribution in [2.45, 2.75) is 24.9 Å². The van der Waals surface area contributed by atoms with Crippen LogP contribution in [0, 0.1) is 0 Å². The lowest BCUT2D eigenvalue weighted by molar-refractivity contribution is 0.411. The fourth-order valence-electron chi connectivity index (χ4n) is 3.93. The number of fused-ring (bicyclic) bond motifs is 2. The maximum absolute atomic E-state index is 12.8. The Kier molecular flexibility index (Phi) is 4.09. The summed E-state index contributed by atoms with van der Waals surface area (Å²) in [6.45, 7) is 1.49. The molecule has 0 spiro atoms. The Bertz CT molecular complexity index is 1140. The molecule has 0 saturated heterocycles. The summed E-state index contributed by atoms with van der Waals surface area (Å²) in [5.41, 5.74) is 7.09. The highest BCUT2D eigenvalue weighted by molar-refractivity contribution is 5.80. The van der Waals surface area contributed by atoms with Crippen LogP contribution in [0.3, 0.4) is 0 Å². The predicted molar refractivity (Wildman–Crippen MR) is 108 cm³/mol. The lowest BCUT2D eigenvalue weighted by Crippen LogP contribution is -2.31. The summed E-state index contributed by atoms with van der Waals surface area (Å²) in [6.07, 6.45) is 2.62. The van der Waals surface area contributed by atoms with Crippen LogP contribution >= 0.6 is 0 Å². The molecule has 0 saturated carbocycles. The van der Waals surface area contributed by atoms with E-state index in [-0.39, 0.29) is 17.5 Å². The van der Waals surface area contributed by atoms with Gasteiger partial charge < -0.3 is 20.5 Å². The fourth-order valence-corrected chi connectivity index (χ4v) is 3.93. The molecule has 2 aliphatic heterocycles.